The van der Waals surface area contributed by atoms with Crippen molar-refractivity contribution < 1.29 is 28.5 Å². The van der Waals surface area contributed by atoms with Crippen LogP contribution in [0.5, 0.6) is 11.5 Å². The van der Waals surface area contributed by atoms with Gasteiger partial charge in [-0.3, -0.25) is 9.40 Å². The molecule has 10 nitrogen and oxygen atoms in total. The number of methoxy groups -OCH3 is 2. The number of hydrogen-bond donors (Lipinski definition) is 1. The maximum Gasteiger partial charge on any atom is 0.351 e. The van der Waals surface area contributed by atoms with E-state index in [0.717, 1.165) is 40.2 Å². The zero-order chi connectivity index (χ0) is 34.1. The summed E-state index contributed by atoms with van der Waals surface area (Å²) in [5.74, 6) is 3.63. The van der Waals surface area contributed by atoms with E-state index in [0.29, 0.717) is 49.6 Å². The second-order valence-corrected chi connectivity index (χ2v) is 13.6. The summed E-state index contributed by atoms with van der Waals surface area (Å²) in [6.07, 6.45) is 8.69. The van der Waals surface area contributed by atoms with Gasteiger partial charge in [-0.25, -0.2) is 10.3 Å². The predicted molar refractivity (Wildman–Crippen MR) is 187 cm³/mol. The van der Waals surface area contributed by atoms with E-state index in [9.17, 15) is 4.79 Å². The minimum absolute atomic E-state index is 0.239. The Labute approximate surface area is 291 Å². The molecule has 2 aliphatic carbocycles. The summed E-state index contributed by atoms with van der Waals surface area (Å²) < 4.78 is 33.3. The Morgan fingerprint density at radius 3 is 2.20 bits per heavy atom. The zero-order valence-corrected chi connectivity index (χ0v) is 28.4. The van der Waals surface area contributed by atoms with Gasteiger partial charge in [0.15, 0.2) is 12.0 Å². The van der Waals surface area contributed by atoms with Crippen LogP contribution < -0.4 is 20.6 Å². The van der Waals surface area contributed by atoms with Crippen LogP contribution >= 0.6 is 0 Å². The highest BCUT2D eigenvalue weighted by molar-refractivity contribution is 5.50. The molecule has 1 N–H and O–H groups in total. The summed E-state index contributed by atoms with van der Waals surface area (Å²) in [5, 5.41) is 0. The Balaban J connectivity index is 1.12. The third kappa shape index (κ3) is 6.21. The van der Waals surface area contributed by atoms with Crippen molar-refractivity contribution in [3.05, 3.63) is 130 Å². The molecule has 10 heteroatoms. The number of rotatable bonds is 12. The fraction of sp³-hybridized carbons (Fsp3) is 0.400. The van der Waals surface area contributed by atoms with Gasteiger partial charge < -0.3 is 23.7 Å². The van der Waals surface area contributed by atoms with Gasteiger partial charge in [-0.05, 0) is 71.6 Å². The summed E-state index contributed by atoms with van der Waals surface area (Å²) in [5.41, 5.74) is 5.10. The highest BCUT2D eigenvalue weighted by Crippen LogP contribution is 2.45. The van der Waals surface area contributed by atoms with E-state index < -0.39 is 17.5 Å². The van der Waals surface area contributed by atoms with Crippen molar-refractivity contribution >= 4 is 5.82 Å². The van der Waals surface area contributed by atoms with Crippen LogP contribution in [0, 0.1) is 17.8 Å². The fourth-order valence-corrected chi connectivity index (χ4v) is 8.09. The van der Waals surface area contributed by atoms with Gasteiger partial charge in [0.05, 0.1) is 40.1 Å². The number of benzene rings is 3. The van der Waals surface area contributed by atoms with E-state index >= 15 is 0 Å². The fourth-order valence-electron chi connectivity index (χ4n) is 8.09. The van der Waals surface area contributed by atoms with Gasteiger partial charge in [0.25, 0.3) is 0 Å². The van der Waals surface area contributed by atoms with Crippen LogP contribution in [0.1, 0.15) is 47.7 Å². The second-order valence-electron chi connectivity index (χ2n) is 13.6. The molecule has 3 aromatic carbocycles. The van der Waals surface area contributed by atoms with Gasteiger partial charge in [0.2, 0.25) is 0 Å². The lowest BCUT2D eigenvalue weighted by Gasteiger charge is -2.37. The standard InChI is InChI=1S/C40H43N3O7/c1-45-33-14-10-31(11-15-33)40(30-6-4-3-5-7-30,32-12-16-34(46-2)17-13-32)48-25-35-22-36(47-24-29-21-26-8-9-27(29)20-26)38(50-35)43-23-28-18-19-49-42-37(28)41-39(43)44/h3-17,23,26-27,29,35-36,38H,18-22,24-25H2,1-2H3,(H,41,42,44)/t26?,27?,29?,35-,36-,38-/m1/s1. The molecule has 0 amide bonds. The number of nitrogens with one attached hydrogen (secondary N) is 1. The van der Waals surface area contributed by atoms with E-state index in [2.05, 4.69) is 34.7 Å². The Hall–Kier alpha value is -4.48. The van der Waals surface area contributed by atoms with Gasteiger partial charge in [-0.15, -0.1) is 0 Å². The maximum atomic E-state index is 13.4. The molecule has 260 valence electrons. The van der Waals surface area contributed by atoms with Gasteiger partial charge in [0, 0.05) is 24.6 Å². The van der Waals surface area contributed by atoms with Crippen molar-refractivity contribution in [2.45, 2.75) is 49.7 Å². The van der Waals surface area contributed by atoms with Crippen molar-refractivity contribution in [2.75, 3.05) is 39.5 Å². The number of ether oxygens (including phenoxy) is 5. The molecule has 2 aliphatic heterocycles. The predicted octanol–water partition coefficient (Wildman–Crippen LogP) is 6.05. The summed E-state index contributed by atoms with van der Waals surface area (Å²) in [4.78, 5) is 23.0. The first kappa shape index (κ1) is 32.7. The van der Waals surface area contributed by atoms with Gasteiger partial charge in [-0.1, -0.05) is 66.7 Å². The molecule has 4 aliphatic rings. The molecule has 50 heavy (non-hydrogen) atoms. The number of nitrogens with zero attached hydrogens (tertiary/aromatic N) is 2. The van der Waals surface area contributed by atoms with Crippen LogP contribution in [0.25, 0.3) is 0 Å². The Kier molecular flexibility index (Phi) is 9.18. The molecule has 3 heterocycles. The number of anilines is 1. The molecular weight excluding hydrogens is 634 g/mol. The van der Waals surface area contributed by atoms with Crippen LogP contribution in [0.15, 0.2) is 102 Å². The first-order valence-corrected chi connectivity index (χ1v) is 17.5. The van der Waals surface area contributed by atoms with Crippen molar-refractivity contribution in [1.82, 2.24) is 9.55 Å². The molecule has 6 atom stereocenters. The summed E-state index contributed by atoms with van der Waals surface area (Å²) in [7, 11) is 3.32. The van der Waals surface area contributed by atoms with E-state index in [4.69, 9.17) is 28.5 Å². The number of aromatic nitrogens is 2. The molecule has 2 bridgehead atoms. The van der Waals surface area contributed by atoms with Gasteiger partial charge in [0.1, 0.15) is 23.2 Å². The number of hydrogen-bond acceptors (Lipinski definition) is 9. The molecule has 0 spiro atoms. The van der Waals surface area contributed by atoms with E-state index in [1.54, 1.807) is 18.8 Å². The third-order valence-corrected chi connectivity index (χ3v) is 10.7. The lowest BCUT2D eigenvalue weighted by atomic mass is 9.80. The second kappa shape index (κ2) is 14.0. The van der Waals surface area contributed by atoms with Crippen LogP contribution in [-0.2, 0) is 31.1 Å². The monoisotopic (exact) mass is 677 g/mol. The highest BCUT2D eigenvalue weighted by atomic mass is 16.6. The number of allylic oxidation sites excluding steroid dienone is 2. The molecule has 1 saturated carbocycles. The van der Waals surface area contributed by atoms with E-state index in [-0.39, 0.29) is 18.8 Å². The minimum atomic E-state index is -0.997. The lowest BCUT2D eigenvalue weighted by Crippen LogP contribution is -2.36. The average Bonchev–Trinajstić information content (AvgIpc) is 3.91. The lowest BCUT2D eigenvalue weighted by molar-refractivity contribution is -0.0988. The molecule has 8 rings (SSSR count). The first-order chi connectivity index (χ1) is 24.5. The van der Waals surface area contributed by atoms with Crippen LogP contribution in [0.4, 0.5) is 5.82 Å². The smallest absolute Gasteiger partial charge is 0.351 e. The van der Waals surface area contributed by atoms with Crippen molar-refractivity contribution in [3.63, 3.8) is 0 Å². The van der Waals surface area contributed by atoms with Crippen molar-refractivity contribution in [2.24, 2.45) is 17.8 Å². The quantitative estimate of drug-likeness (QED) is 0.142. The van der Waals surface area contributed by atoms with E-state index in [1.807, 2.05) is 72.9 Å². The molecule has 4 aromatic rings. The van der Waals surface area contributed by atoms with Crippen LogP contribution in [-0.4, -0.2) is 55.8 Å². The highest BCUT2D eigenvalue weighted by Gasteiger charge is 2.44. The normalized spacial score (nSPS) is 25.3. The van der Waals surface area contributed by atoms with Gasteiger partial charge >= 0.3 is 5.69 Å². The molecule has 1 aromatic heterocycles. The van der Waals surface area contributed by atoms with Crippen LogP contribution in [0.3, 0.4) is 0 Å². The maximum absolute atomic E-state index is 13.4. The van der Waals surface area contributed by atoms with Gasteiger partial charge in [-0.2, -0.15) is 4.98 Å². The Morgan fingerprint density at radius 1 is 0.860 bits per heavy atom. The Morgan fingerprint density at radius 2 is 1.56 bits per heavy atom. The molecule has 1 saturated heterocycles. The summed E-state index contributed by atoms with van der Waals surface area (Å²) >= 11 is 0. The average molecular weight is 678 g/mol. The number of fused-ring (bicyclic) bond motifs is 3. The third-order valence-electron chi connectivity index (χ3n) is 10.7. The minimum Gasteiger partial charge on any atom is -0.497 e. The summed E-state index contributed by atoms with van der Waals surface area (Å²) in [6, 6.07) is 26.2. The summed E-state index contributed by atoms with van der Waals surface area (Å²) in [6.45, 7) is 1.35. The molecule has 0 radical (unpaired) electrons. The van der Waals surface area contributed by atoms with E-state index in [1.165, 1.54) is 6.42 Å². The Bertz CT molecular complexity index is 1810. The zero-order valence-electron chi connectivity index (χ0n) is 28.4. The topological polar surface area (TPSA) is 102 Å². The largest absolute Gasteiger partial charge is 0.497 e. The van der Waals surface area contributed by atoms with Crippen LogP contribution in [0.2, 0.25) is 0 Å². The first-order valence-electron chi connectivity index (χ1n) is 17.5. The molecule has 3 unspecified atom stereocenters. The SMILES string of the molecule is COc1ccc(C(OC[C@H]2C[C@@H](OCC3CC4C=CC3C4)[C@H](n3cc4c(nc3=O)NOCC4)O2)(c2ccccc2)c2ccc(OC)cc2)cc1. The van der Waals surface area contributed by atoms with Crippen molar-refractivity contribution in [3.8, 4) is 11.5 Å². The molecule has 2 fully saturated rings. The molecular formula is C40H43N3O7. The van der Waals surface area contributed by atoms with Crippen molar-refractivity contribution in [1.29, 1.82) is 0 Å².